The van der Waals surface area contributed by atoms with E-state index in [1.54, 1.807) is 17.6 Å². The van der Waals surface area contributed by atoms with Crippen LogP contribution in [0.15, 0.2) is 45.3 Å². The maximum absolute atomic E-state index is 11.7. The Kier molecular flexibility index (Phi) is 2.88. The lowest BCUT2D eigenvalue weighted by molar-refractivity contribution is 0.0431. The molecular formula is C12H8N2O4S. The Morgan fingerprint density at radius 2 is 2.42 bits per heavy atom. The highest BCUT2D eigenvalue weighted by Crippen LogP contribution is 2.08. The molecule has 0 bridgehead atoms. The van der Waals surface area contributed by atoms with Gasteiger partial charge in [0.2, 0.25) is 5.76 Å². The van der Waals surface area contributed by atoms with E-state index in [-0.39, 0.29) is 17.9 Å². The first kappa shape index (κ1) is 11.7. The molecule has 0 aromatic carbocycles. The van der Waals surface area contributed by atoms with Crippen LogP contribution in [0, 0.1) is 0 Å². The molecule has 0 saturated heterocycles. The molecule has 0 amide bonds. The number of nitrogens with zero attached hydrogens (tertiary/aromatic N) is 2. The molecule has 0 aliphatic carbocycles. The minimum Gasteiger partial charge on any atom is -0.457 e. The summed E-state index contributed by atoms with van der Waals surface area (Å²) in [5, 5.41) is 1.77. The second-order valence-electron chi connectivity index (χ2n) is 3.69. The smallest absolute Gasteiger partial charge is 0.374 e. The van der Waals surface area contributed by atoms with Gasteiger partial charge in [-0.1, -0.05) is 0 Å². The van der Waals surface area contributed by atoms with Crippen LogP contribution in [-0.4, -0.2) is 15.4 Å². The van der Waals surface area contributed by atoms with E-state index < -0.39 is 5.97 Å². The predicted molar refractivity (Wildman–Crippen MR) is 67.2 cm³/mol. The molecule has 0 fully saturated rings. The number of esters is 1. The number of hydrogen-bond acceptors (Lipinski definition) is 6. The van der Waals surface area contributed by atoms with Crippen molar-refractivity contribution < 1.29 is 13.9 Å². The molecule has 0 atom stereocenters. The molecule has 0 spiro atoms. The van der Waals surface area contributed by atoms with Gasteiger partial charge in [-0.2, -0.15) is 0 Å². The molecule has 3 aromatic heterocycles. The van der Waals surface area contributed by atoms with Crippen LogP contribution in [0.25, 0.3) is 4.96 Å². The lowest BCUT2D eigenvalue weighted by Crippen LogP contribution is -2.14. The monoisotopic (exact) mass is 276 g/mol. The summed E-state index contributed by atoms with van der Waals surface area (Å²) >= 11 is 1.34. The van der Waals surface area contributed by atoms with Crippen molar-refractivity contribution in [3.05, 3.63) is 57.8 Å². The molecule has 3 heterocycles. The molecule has 0 saturated carbocycles. The zero-order chi connectivity index (χ0) is 13.2. The predicted octanol–water partition coefficient (Wildman–Crippen LogP) is 1.71. The minimum atomic E-state index is -0.585. The maximum atomic E-state index is 11.7. The SMILES string of the molecule is O=C(OCc1cc(=O)n2ccsc2n1)c1ccco1. The summed E-state index contributed by atoms with van der Waals surface area (Å²) in [4.78, 5) is 28.0. The van der Waals surface area contributed by atoms with E-state index in [0.717, 1.165) is 0 Å². The number of rotatable bonds is 3. The largest absolute Gasteiger partial charge is 0.457 e. The number of ether oxygens (including phenoxy) is 1. The van der Waals surface area contributed by atoms with Crippen molar-refractivity contribution in [2.75, 3.05) is 0 Å². The van der Waals surface area contributed by atoms with Crippen molar-refractivity contribution in [2.45, 2.75) is 6.61 Å². The van der Waals surface area contributed by atoms with Gasteiger partial charge in [0.25, 0.3) is 5.56 Å². The Balaban J connectivity index is 1.78. The van der Waals surface area contributed by atoms with Gasteiger partial charge in [-0.15, -0.1) is 11.3 Å². The highest BCUT2D eigenvalue weighted by atomic mass is 32.1. The third kappa shape index (κ3) is 2.27. The molecule has 3 rings (SSSR count). The summed E-state index contributed by atoms with van der Waals surface area (Å²) in [5.74, 6) is -0.466. The maximum Gasteiger partial charge on any atom is 0.374 e. The van der Waals surface area contributed by atoms with Gasteiger partial charge in [0.15, 0.2) is 4.96 Å². The number of fused-ring (bicyclic) bond motifs is 1. The zero-order valence-corrected chi connectivity index (χ0v) is 10.4. The van der Waals surface area contributed by atoms with Crippen molar-refractivity contribution in [2.24, 2.45) is 0 Å². The third-order valence-corrected chi connectivity index (χ3v) is 3.19. The molecule has 6 nitrogen and oxygen atoms in total. The average molecular weight is 276 g/mol. The normalized spacial score (nSPS) is 10.7. The first-order valence-corrected chi connectivity index (χ1v) is 6.28. The van der Waals surface area contributed by atoms with Gasteiger partial charge < -0.3 is 9.15 Å². The van der Waals surface area contributed by atoms with E-state index >= 15 is 0 Å². The van der Waals surface area contributed by atoms with Crippen molar-refractivity contribution in [3.63, 3.8) is 0 Å². The fourth-order valence-electron chi connectivity index (χ4n) is 1.57. The van der Waals surface area contributed by atoms with E-state index in [1.165, 1.54) is 34.1 Å². The Morgan fingerprint density at radius 1 is 1.53 bits per heavy atom. The Hall–Kier alpha value is -2.41. The van der Waals surface area contributed by atoms with Crippen LogP contribution in [-0.2, 0) is 11.3 Å². The summed E-state index contributed by atoms with van der Waals surface area (Å²) in [6.45, 7) is -0.0663. The standard InChI is InChI=1S/C12H8N2O4S/c15-10-6-8(13-12-14(10)3-5-19-12)7-18-11(16)9-2-1-4-17-9/h1-6H,7H2. The molecule has 3 aromatic rings. The van der Waals surface area contributed by atoms with E-state index in [9.17, 15) is 9.59 Å². The first-order chi connectivity index (χ1) is 9.24. The lowest BCUT2D eigenvalue weighted by atomic mass is 10.4. The fourth-order valence-corrected chi connectivity index (χ4v) is 2.31. The van der Waals surface area contributed by atoms with Crippen molar-refractivity contribution >= 4 is 22.3 Å². The van der Waals surface area contributed by atoms with Crippen LogP contribution in [0.1, 0.15) is 16.2 Å². The van der Waals surface area contributed by atoms with Crippen LogP contribution in [0.4, 0.5) is 0 Å². The minimum absolute atomic E-state index is 0.0663. The van der Waals surface area contributed by atoms with Gasteiger partial charge in [0.1, 0.15) is 6.61 Å². The van der Waals surface area contributed by atoms with Crippen LogP contribution in [0.5, 0.6) is 0 Å². The van der Waals surface area contributed by atoms with Crippen molar-refractivity contribution in [1.82, 2.24) is 9.38 Å². The quantitative estimate of drug-likeness (QED) is 0.681. The highest BCUT2D eigenvalue weighted by Gasteiger charge is 2.11. The Bertz CT molecular complexity index is 772. The number of carbonyl (C=O) groups is 1. The van der Waals surface area contributed by atoms with Gasteiger partial charge in [-0.05, 0) is 12.1 Å². The zero-order valence-electron chi connectivity index (χ0n) is 9.61. The third-order valence-electron chi connectivity index (χ3n) is 2.43. The summed E-state index contributed by atoms with van der Waals surface area (Å²) in [6, 6.07) is 4.45. The number of aromatic nitrogens is 2. The second kappa shape index (κ2) is 4.69. The summed E-state index contributed by atoms with van der Waals surface area (Å²) < 4.78 is 11.4. The molecular weight excluding hydrogens is 268 g/mol. The van der Waals surface area contributed by atoms with E-state index in [2.05, 4.69) is 4.98 Å². The van der Waals surface area contributed by atoms with Crippen molar-refractivity contribution in [1.29, 1.82) is 0 Å². The lowest BCUT2D eigenvalue weighted by Gasteiger charge is -2.02. The molecule has 19 heavy (non-hydrogen) atoms. The molecule has 0 N–H and O–H groups in total. The van der Waals surface area contributed by atoms with Gasteiger partial charge in [-0.25, -0.2) is 9.78 Å². The van der Waals surface area contributed by atoms with Crippen molar-refractivity contribution in [3.8, 4) is 0 Å². The van der Waals surface area contributed by atoms with Crippen LogP contribution < -0.4 is 5.56 Å². The molecule has 0 radical (unpaired) electrons. The molecule has 0 aliphatic heterocycles. The summed E-state index contributed by atoms with van der Waals surface area (Å²) in [7, 11) is 0. The topological polar surface area (TPSA) is 73.8 Å². The highest BCUT2D eigenvalue weighted by molar-refractivity contribution is 7.15. The first-order valence-electron chi connectivity index (χ1n) is 5.40. The van der Waals surface area contributed by atoms with Gasteiger partial charge in [-0.3, -0.25) is 9.20 Å². The van der Waals surface area contributed by atoms with Crippen LogP contribution in [0.2, 0.25) is 0 Å². The van der Waals surface area contributed by atoms with Gasteiger partial charge >= 0.3 is 5.97 Å². The summed E-state index contributed by atoms with van der Waals surface area (Å²) in [6.07, 6.45) is 3.03. The van der Waals surface area contributed by atoms with Gasteiger partial charge in [0.05, 0.1) is 12.0 Å². The van der Waals surface area contributed by atoms with Gasteiger partial charge in [0, 0.05) is 17.6 Å². The van der Waals surface area contributed by atoms with E-state index in [1.807, 2.05) is 0 Å². The van der Waals surface area contributed by atoms with Crippen LogP contribution in [0.3, 0.4) is 0 Å². The number of thiazole rings is 1. The Morgan fingerprint density at radius 3 is 3.21 bits per heavy atom. The van der Waals surface area contributed by atoms with Crippen LogP contribution >= 0.6 is 11.3 Å². The number of furan rings is 1. The summed E-state index contributed by atoms with van der Waals surface area (Å²) in [5.41, 5.74) is 0.211. The molecule has 0 unspecified atom stereocenters. The van der Waals surface area contributed by atoms with E-state index in [0.29, 0.717) is 10.7 Å². The van der Waals surface area contributed by atoms with E-state index in [4.69, 9.17) is 9.15 Å². The Labute approximate surface area is 110 Å². The average Bonchev–Trinajstić information content (AvgIpc) is 3.06. The second-order valence-corrected chi connectivity index (χ2v) is 4.57. The fraction of sp³-hybridized carbons (Fsp3) is 0.0833. The molecule has 0 aliphatic rings. The molecule has 7 heteroatoms. The number of carbonyl (C=O) groups excluding carboxylic acids is 1. The number of hydrogen-bond donors (Lipinski definition) is 0. The molecule has 96 valence electrons.